The summed E-state index contributed by atoms with van der Waals surface area (Å²) in [6.45, 7) is 4.01. The van der Waals surface area contributed by atoms with Gasteiger partial charge in [-0.2, -0.15) is 4.31 Å². The molecular weight excluding hydrogens is 460 g/mol. The number of ether oxygens (including phenoxy) is 2. The van der Waals surface area contributed by atoms with Crippen molar-refractivity contribution in [2.45, 2.75) is 11.8 Å². The molecule has 10 nitrogen and oxygen atoms in total. The van der Waals surface area contributed by atoms with Gasteiger partial charge in [-0.3, -0.25) is 15.0 Å². The maximum absolute atomic E-state index is 12.8. The number of piperazine rings is 1. The standard InChI is InChI=1S/C23H30N4O6S/c1-18-6-8-21(9-7-18)34(30,31)27-12-10-26(11-13-27)17-22(28)24-19-4-3-5-20(16-19)25-23(29)33-15-14-32-2/h3-9,16H,10-15,17H2,1-2H3,(H,24,28)(H,25,29). The van der Waals surface area contributed by atoms with Crippen LogP contribution >= 0.6 is 0 Å². The van der Waals surface area contributed by atoms with E-state index in [4.69, 9.17) is 9.47 Å². The lowest BCUT2D eigenvalue weighted by atomic mass is 10.2. The molecule has 2 N–H and O–H groups in total. The topological polar surface area (TPSA) is 117 Å². The Balaban J connectivity index is 1.47. The number of hydrogen-bond acceptors (Lipinski definition) is 7. The molecule has 1 aliphatic rings. The minimum absolute atomic E-state index is 0.134. The molecule has 1 aliphatic heterocycles. The molecule has 0 atom stereocenters. The van der Waals surface area contributed by atoms with E-state index in [1.165, 1.54) is 11.4 Å². The minimum Gasteiger partial charge on any atom is -0.447 e. The number of anilines is 2. The lowest BCUT2D eigenvalue weighted by molar-refractivity contribution is -0.117. The number of benzene rings is 2. The van der Waals surface area contributed by atoms with E-state index in [2.05, 4.69) is 10.6 Å². The monoisotopic (exact) mass is 490 g/mol. The summed E-state index contributed by atoms with van der Waals surface area (Å²) >= 11 is 0. The Morgan fingerprint density at radius 3 is 2.24 bits per heavy atom. The van der Waals surface area contributed by atoms with E-state index in [0.717, 1.165) is 5.56 Å². The molecule has 11 heteroatoms. The van der Waals surface area contributed by atoms with Crippen LogP contribution in [-0.4, -0.2) is 82.7 Å². The summed E-state index contributed by atoms with van der Waals surface area (Å²) in [4.78, 5) is 26.5. The summed E-state index contributed by atoms with van der Waals surface area (Å²) in [6, 6.07) is 13.5. The predicted octanol–water partition coefficient (Wildman–Crippen LogP) is 2.13. The number of carbonyl (C=O) groups excluding carboxylic acids is 2. The van der Waals surface area contributed by atoms with Crippen molar-refractivity contribution in [3.05, 3.63) is 54.1 Å². The summed E-state index contributed by atoms with van der Waals surface area (Å²) < 4.78 is 36.9. The Morgan fingerprint density at radius 2 is 1.59 bits per heavy atom. The van der Waals surface area contributed by atoms with Crippen LogP contribution in [0.4, 0.5) is 16.2 Å². The van der Waals surface area contributed by atoms with Gasteiger partial charge in [0.2, 0.25) is 15.9 Å². The van der Waals surface area contributed by atoms with Gasteiger partial charge in [0.1, 0.15) is 6.61 Å². The van der Waals surface area contributed by atoms with Gasteiger partial charge in [0.25, 0.3) is 0 Å². The molecular formula is C23H30N4O6S. The van der Waals surface area contributed by atoms with E-state index in [0.29, 0.717) is 44.2 Å². The average molecular weight is 491 g/mol. The molecule has 0 spiro atoms. The molecule has 1 fully saturated rings. The predicted molar refractivity (Wildman–Crippen MR) is 128 cm³/mol. The van der Waals surface area contributed by atoms with Gasteiger partial charge in [-0.05, 0) is 37.3 Å². The van der Waals surface area contributed by atoms with E-state index in [1.54, 1.807) is 48.5 Å². The van der Waals surface area contributed by atoms with Gasteiger partial charge >= 0.3 is 6.09 Å². The first-order chi connectivity index (χ1) is 16.3. The van der Waals surface area contributed by atoms with Crippen molar-refractivity contribution < 1.29 is 27.5 Å². The molecule has 0 saturated carbocycles. The number of nitrogens with one attached hydrogen (secondary N) is 2. The molecule has 3 rings (SSSR count). The maximum Gasteiger partial charge on any atom is 0.411 e. The number of amides is 2. The highest BCUT2D eigenvalue weighted by atomic mass is 32.2. The van der Waals surface area contributed by atoms with E-state index in [9.17, 15) is 18.0 Å². The van der Waals surface area contributed by atoms with Crippen molar-refractivity contribution in [1.29, 1.82) is 0 Å². The zero-order valence-electron chi connectivity index (χ0n) is 19.3. The van der Waals surface area contributed by atoms with Crippen LogP contribution in [0, 0.1) is 6.92 Å². The molecule has 2 aromatic rings. The third-order valence-electron chi connectivity index (χ3n) is 5.27. The fourth-order valence-electron chi connectivity index (χ4n) is 3.44. The number of nitrogens with zero attached hydrogens (tertiary/aromatic N) is 2. The number of aryl methyl sites for hydroxylation is 1. The summed E-state index contributed by atoms with van der Waals surface area (Å²) in [5, 5.41) is 5.39. The SMILES string of the molecule is COCCOC(=O)Nc1cccc(NC(=O)CN2CCN(S(=O)(=O)c3ccc(C)cc3)CC2)c1. The van der Waals surface area contributed by atoms with Crippen LogP contribution in [0.25, 0.3) is 0 Å². The fourth-order valence-corrected chi connectivity index (χ4v) is 4.86. The van der Waals surface area contributed by atoms with E-state index >= 15 is 0 Å². The van der Waals surface area contributed by atoms with E-state index in [1.807, 2.05) is 11.8 Å². The first-order valence-corrected chi connectivity index (χ1v) is 12.3. The first kappa shape index (κ1) is 25.6. The van der Waals surface area contributed by atoms with Gasteiger partial charge in [0.15, 0.2) is 0 Å². The molecule has 184 valence electrons. The van der Waals surface area contributed by atoms with Crippen molar-refractivity contribution >= 4 is 33.4 Å². The number of methoxy groups -OCH3 is 1. The second-order valence-electron chi connectivity index (χ2n) is 7.88. The molecule has 0 unspecified atom stereocenters. The second-order valence-corrected chi connectivity index (χ2v) is 9.81. The lowest BCUT2D eigenvalue weighted by Gasteiger charge is -2.33. The van der Waals surface area contributed by atoms with Crippen LogP contribution < -0.4 is 10.6 Å². The Labute approximate surface area is 199 Å². The van der Waals surface area contributed by atoms with Crippen molar-refractivity contribution in [2.75, 3.05) is 63.7 Å². The smallest absolute Gasteiger partial charge is 0.411 e. The molecule has 1 heterocycles. The molecule has 0 radical (unpaired) electrons. The minimum atomic E-state index is -3.55. The van der Waals surface area contributed by atoms with Gasteiger partial charge in [-0.15, -0.1) is 0 Å². The van der Waals surface area contributed by atoms with Crippen LogP contribution in [0.3, 0.4) is 0 Å². The van der Waals surface area contributed by atoms with E-state index in [-0.39, 0.29) is 24.0 Å². The van der Waals surface area contributed by atoms with Crippen molar-refractivity contribution in [2.24, 2.45) is 0 Å². The highest BCUT2D eigenvalue weighted by Crippen LogP contribution is 2.19. The Hall–Kier alpha value is -2.99. The normalized spacial score (nSPS) is 15.0. The van der Waals surface area contributed by atoms with Crippen LogP contribution in [0.2, 0.25) is 0 Å². The summed E-state index contributed by atoms with van der Waals surface area (Å²) in [5.74, 6) is -0.227. The third-order valence-corrected chi connectivity index (χ3v) is 7.18. The quantitative estimate of drug-likeness (QED) is 0.517. The molecule has 2 aromatic carbocycles. The summed E-state index contributed by atoms with van der Waals surface area (Å²) in [6.07, 6.45) is -0.612. The van der Waals surface area contributed by atoms with Crippen LogP contribution in [-0.2, 0) is 24.3 Å². The third kappa shape index (κ3) is 7.26. The Bertz CT molecular complexity index is 1080. The summed E-state index contributed by atoms with van der Waals surface area (Å²) in [5.41, 5.74) is 2.01. The molecule has 0 aromatic heterocycles. The molecule has 1 saturated heterocycles. The van der Waals surface area contributed by atoms with Gasteiger partial charge in [0, 0.05) is 44.7 Å². The van der Waals surface area contributed by atoms with Crippen molar-refractivity contribution in [3.63, 3.8) is 0 Å². The van der Waals surface area contributed by atoms with Crippen LogP contribution in [0.5, 0.6) is 0 Å². The molecule has 34 heavy (non-hydrogen) atoms. The lowest BCUT2D eigenvalue weighted by Crippen LogP contribution is -2.50. The zero-order chi connectivity index (χ0) is 24.6. The van der Waals surface area contributed by atoms with Gasteiger partial charge in [-0.1, -0.05) is 23.8 Å². The number of hydrogen-bond donors (Lipinski definition) is 2. The number of rotatable bonds is 9. The number of sulfonamides is 1. The number of carbonyl (C=O) groups is 2. The van der Waals surface area contributed by atoms with Crippen molar-refractivity contribution in [1.82, 2.24) is 9.21 Å². The highest BCUT2D eigenvalue weighted by molar-refractivity contribution is 7.89. The zero-order valence-corrected chi connectivity index (χ0v) is 20.1. The second kappa shape index (κ2) is 11.9. The van der Waals surface area contributed by atoms with Gasteiger partial charge in [0.05, 0.1) is 18.0 Å². The maximum atomic E-state index is 12.8. The molecule has 2 amide bonds. The molecule has 0 bridgehead atoms. The van der Waals surface area contributed by atoms with Crippen LogP contribution in [0.1, 0.15) is 5.56 Å². The largest absolute Gasteiger partial charge is 0.447 e. The average Bonchev–Trinajstić information content (AvgIpc) is 2.80. The molecule has 0 aliphatic carbocycles. The summed E-state index contributed by atoms with van der Waals surface area (Å²) in [7, 11) is -2.03. The highest BCUT2D eigenvalue weighted by Gasteiger charge is 2.29. The van der Waals surface area contributed by atoms with Gasteiger partial charge in [-0.25, -0.2) is 13.2 Å². The van der Waals surface area contributed by atoms with E-state index < -0.39 is 16.1 Å². The Morgan fingerprint density at radius 1 is 0.941 bits per heavy atom. The van der Waals surface area contributed by atoms with Crippen LogP contribution in [0.15, 0.2) is 53.4 Å². The first-order valence-electron chi connectivity index (χ1n) is 10.9. The Kier molecular flexibility index (Phi) is 8.99. The fraction of sp³-hybridized carbons (Fsp3) is 0.391. The van der Waals surface area contributed by atoms with Crippen molar-refractivity contribution in [3.8, 4) is 0 Å². The van der Waals surface area contributed by atoms with Gasteiger partial charge < -0.3 is 14.8 Å².